The van der Waals surface area contributed by atoms with Crippen LogP contribution < -0.4 is 15.4 Å². The summed E-state index contributed by atoms with van der Waals surface area (Å²) in [6.45, 7) is 8.01. The first-order valence-electron chi connectivity index (χ1n) is 7.47. The van der Waals surface area contributed by atoms with E-state index in [0.717, 1.165) is 6.54 Å². The van der Waals surface area contributed by atoms with E-state index in [9.17, 15) is 0 Å². The molecule has 2 rings (SSSR count). The molecule has 21 heavy (non-hydrogen) atoms. The molecule has 0 atom stereocenters. The molecule has 0 fully saturated rings. The van der Waals surface area contributed by atoms with Crippen LogP contribution in [0.1, 0.15) is 5.56 Å². The molecule has 0 aliphatic carbocycles. The van der Waals surface area contributed by atoms with Gasteiger partial charge in [-0.05, 0) is 17.7 Å². The number of anilines is 2. The third kappa shape index (κ3) is 4.11. The van der Waals surface area contributed by atoms with Crippen molar-refractivity contribution in [1.29, 1.82) is 0 Å². The lowest BCUT2D eigenvalue weighted by molar-refractivity contribution is 1.10. The summed E-state index contributed by atoms with van der Waals surface area (Å²) >= 11 is 0. The van der Waals surface area contributed by atoms with Crippen molar-refractivity contribution < 1.29 is 0 Å². The fraction of sp³-hybridized carbons (Fsp3) is 0.333. The minimum absolute atomic E-state index is 0.858. The van der Waals surface area contributed by atoms with E-state index >= 15 is 0 Å². The number of nitrogens with zero attached hydrogens (tertiary/aromatic N) is 1. The molecule has 1 N–H and O–H groups in total. The van der Waals surface area contributed by atoms with E-state index in [1.165, 1.54) is 22.1 Å². The Morgan fingerprint density at radius 3 is 2.10 bits per heavy atom. The fourth-order valence-corrected chi connectivity index (χ4v) is 3.50. The van der Waals surface area contributed by atoms with E-state index in [1.54, 1.807) is 0 Å². The number of para-hydroxylation sites is 2. The van der Waals surface area contributed by atoms with Gasteiger partial charge in [0.25, 0.3) is 0 Å². The van der Waals surface area contributed by atoms with Crippen molar-refractivity contribution >= 4 is 24.6 Å². The monoisotopic (exact) mass is 298 g/mol. The summed E-state index contributed by atoms with van der Waals surface area (Å²) in [6.07, 6.45) is 0. The van der Waals surface area contributed by atoms with Crippen molar-refractivity contribution in [3.05, 3.63) is 54.1 Å². The average Bonchev–Trinajstić information content (AvgIpc) is 2.45. The summed E-state index contributed by atoms with van der Waals surface area (Å²) in [6, 6.07) is 17.5. The second-order valence-corrected chi connectivity index (χ2v) is 11.8. The van der Waals surface area contributed by atoms with Crippen LogP contribution in [0.5, 0.6) is 0 Å². The zero-order valence-corrected chi connectivity index (χ0v) is 14.8. The molecule has 112 valence electrons. The molecular weight excluding hydrogens is 272 g/mol. The van der Waals surface area contributed by atoms with E-state index in [2.05, 4.69) is 92.5 Å². The molecule has 0 saturated carbocycles. The minimum atomic E-state index is -1.19. The lowest BCUT2D eigenvalue weighted by atomic mass is 10.2. The molecule has 0 radical (unpaired) electrons. The van der Waals surface area contributed by atoms with Gasteiger partial charge >= 0.3 is 0 Å². The third-order valence-electron chi connectivity index (χ3n) is 3.69. The molecule has 0 unspecified atom stereocenters. The highest BCUT2D eigenvalue weighted by molar-refractivity contribution is 6.88. The van der Waals surface area contributed by atoms with Gasteiger partial charge < -0.3 is 10.2 Å². The van der Waals surface area contributed by atoms with Crippen molar-refractivity contribution in [2.75, 3.05) is 24.3 Å². The summed E-state index contributed by atoms with van der Waals surface area (Å²) < 4.78 is 0. The maximum Gasteiger partial charge on any atom is 0.0775 e. The van der Waals surface area contributed by atoms with Gasteiger partial charge in [0.15, 0.2) is 0 Å². The van der Waals surface area contributed by atoms with Crippen molar-refractivity contribution in [3.63, 3.8) is 0 Å². The molecule has 0 aromatic heterocycles. The summed E-state index contributed by atoms with van der Waals surface area (Å²) in [5, 5.41) is 5.05. The lowest BCUT2D eigenvalue weighted by Gasteiger charge is -2.19. The van der Waals surface area contributed by atoms with Crippen LogP contribution in [0.15, 0.2) is 48.5 Å². The van der Waals surface area contributed by atoms with E-state index < -0.39 is 8.07 Å². The zero-order chi connectivity index (χ0) is 15.5. The second-order valence-electron chi connectivity index (χ2n) is 6.71. The normalized spacial score (nSPS) is 11.3. The highest BCUT2D eigenvalue weighted by Crippen LogP contribution is 2.23. The van der Waals surface area contributed by atoms with E-state index in [1.807, 2.05) is 0 Å². The summed E-state index contributed by atoms with van der Waals surface area (Å²) in [5.74, 6) is 0. The quantitative estimate of drug-likeness (QED) is 0.842. The fourth-order valence-electron chi connectivity index (χ4n) is 2.33. The first-order valence-corrected chi connectivity index (χ1v) is 11.0. The Morgan fingerprint density at radius 2 is 1.52 bits per heavy atom. The molecule has 0 heterocycles. The Bertz CT molecular complexity index is 583. The Hall–Kier alpha value is -1.74. The molecular formula is C18H26N2Si. The van der Waals surface area contributed by atoms with Gasteiger partial charge in [0, 0.05) is 20.6 Å². The van der Waals surface area contributed by atoms with Crippen molar-refractivity contribution in [3.8, 4) is 0 Å². The highest BCUT2D eigenvalue weighted by Gasteiger charge is 2.15. The van der Waals surface area contributed by atoms with Crippen LogP contribution in [-0.4, -0.2) is 22.2 Å². The van der Waals surface area contributed by atoms with Crippen molar-refractivity contribution in [1.82, 2.24) is 0 Å². The third-order valence-corrected chi connectivity index (χ3v) is 5.75. The van der Waals surface area contributed by atoms with Crippen LogP contribution in [0.2, 0.25) is 19.6 Å². The maximum absolute atomic E-state index is 3.54. The summed E-state index contributed by atoms with van der Waals surface area (Å²) in [5.41, 5.74) is 3.72. The molecule has 2 nitrogen and oxygen atoms in total. The standard InChI is InChI=1S/C18H26N2Si/c1-20(2)18-9-7-6-8-17(18)19-14-15-10-12-16(13-11-15)21(3,4)5/h6-13,19H,14H2,1-5H3. The smallest absolute Gasteiger partial charge is 0.0775 e. The predicted molar refractivity (Wildman–Crippen MR) is 97.5 cm³/mol. The van der Waals surface area contributed by atoms with E-state index in [4.69, 9.17) is 0 Å². The molecule has 3 heteroatoms. The topological polar surface area (TPSA) is 15.3 Å². The van der Waals surface area contributed by atoms with Crippen LogP contribution >= 0.6 is 0 Å². The van der Waals surface area contributed by atoms with E-state index in [-0.39, 0.29) is 0 Å². The molecule has 0 aliphatic rings. The van der Waals surface area contributed by atoms with Gasteiger partial charge in [0.05, 0.1) is 19.4 Å². The molecule has 2 aromatic carbocycles. The van der Waals surface area contributed by atoms with Crippen LogP contribution in [0.25, 0.3) is 0 Å². The summed E-state index contributed by atoms with van der Waals surface area (Å²) in [7, 11) is 2.95. The van der Waals surface area contributed by atoms with Crippen LogP contribution in [0, 0.1) is 0 Å². The molecule has 0 bridgehead atoms. The van der Waals surface area contributed by atoms with Gasteiger partial charge in [-0.15, -0.1) is 0 Å². The Kier molecular flexibility index (Phi) is 4.73. The number of hydrogen-bond acceptors (Lipinski definition) is 2. The number of hydrogen-bond donors (Lipinski definition) is 1. The van der Waals surface area contributed by atoms with Gasteiger partial charge in [-0.2, -0.15) is 0 Å². The SMILES string of the molecule is CN(C)c1ccccc1NCc1ccc([Si](C)(C)C)cc1. The van der Waals surface area contributed by atoms with Crippen LogP contribution in [0.3, 0.4) is 0 Å². The molecule has 0 amide bonds. The van der Waals surface area contributed by atoms with Gasteiger partial charge in [-0.3, -0.25) is 0 Å². The first-order chi connectivity index (χ1) is 9.88. The largest absolute Gasteiger partial charge is 0.379 e. The predicted octanol–water partition coefficient (Wildman–Crippen LogP) is 3.91. The van der Waals surface area contributed by atoms with Gasteiger partial charge in [-0.25, -0.2) is 0 Å². The highest BCUT2D eigenvalue weighted by atomic mass is 28.3. The molecule has 2 aromatic rings. The summed E-state index contributed by atoms with van der Waals surface area (Å²) in [4.78, 5) is 2.14. The number of benzene rings is 2. The van der Waals surface area contributed by atoms with Crippen molar-refractivity contribution in [2.45, 2.75) is 26.2 Å². The van der Waals surface area contributed by atoms with Crippen LogP contribution in [0.4, 0.5) is 11.4 Å². The van der Waals surface area contributed by atoms with Gasteiger partial charge in [0.2, 0.25) is 0 Å². The molecule has 0 saturated heterocycles. The van der Waals surface area contributed by atoms with Crippen LogP contribution in [-0.2, 0) is 6.54 Å². The Balaban J connectivity index is 2.07. The number of nitrogens with one attached hydrogen (secondary N) is 1. The van der Waals surface area contributed by atoms with Gasteiger partial charge in [0.1, 0.15) is 0 Å². The molecule has 0 aliphatic heterocycles. The Labute approximate surface area is 129 Å². The van der Waals surface area contributed by atoms with Crippen molar-refractivity contribution in [2.24, 2.45) is 0 Å². The van der Waals surface area contributed by atoms with Gasteiger partial charge in [-0.1, -0.05) is 61.2 Å². The Morgan fingerprint density at radius 1 is 0.905 bits per heavy atom. The number of rotatable bonds is 5. The van der Waals surface area contributed by atoms with E-state index in [0.29, 0.717) is 0 Å². The lowest BCUT2D eigenvalue weighted by Crippen LogP contribution is -2.37. The minimum Gasteiger partial charge on any atom is -0.379 e. The first kappa shape index (κ1) is 15.6. The average molecular weight is 299 g/mol. The second kappa shape index (κ2) is 6.35. The molecule has 0 spiro atoms. The maximum atomic E-state index is 3.54. The zero-order valence-electron chi connectivity index (χ0n) is 13.8.